The fraction of sp³-hybridized carbons (Fsp3) is 0.364. The van der Waals surface area contributed by atoms with Gasteiger partial charge in [-0.1, -0.05) is 6.08 Å². The Morgan fingerprint density at radius 3 is 2.81 bits per heavy atom. The average Bonchev–Trinajstić information content (AvgIpc) is 2.30. The van der Waals surface area contributed by atoms with Crippen molar-refractivity contribution < 1.29 is 4.79 Å². The minimum absolute atomic E-state index is 0.115. The molecule has 0 aliphatic rings. The van der Waals surface area contributed by atoms with Gasteiger partial charge in [0.15, 0.2) is 5.69 Å². The molecule has 0 aliphatic heterocycles. The molecule has 0 fully saturated rings. The Balaban J connectivity index is 2.67. The zero-order valence-electron chi connectivity index (χ0n) is 9.53. The van der Waals surface area contributed by atoms with E-state index in [4.69, 9.17) is 0 Å². The highest BCUT2D eigenvalue weighted by atomic mass is 16.1. The second-order valence-electron chi connectivity index (χ2n) is 3.33. The van der Waals surface area contributed by atoms with Crippen LogP contribution in [0.25, 0.3) is 0 Å². The summed E-state index contributed by atoms with van der Waals surface area (Å²) in [7, 11) is 0. The van der Waals surface area contributed by atoms with Crippen LogP contribution in [0.5, 0.6) is 0 Å². The van der Waals surface area contributed by atoms with Crippen LogP contribution in [0.1, 0.15) is 24.3 Å². The largest absolute Gasteiger partial charge is 0.363 e. The quantitative estimate of drug-likeness (QED) is 0.732. The Kier molecular flexibility index (Phi) is 4.44. The van der Waals surface area contributed by atoms with Crippen LogP contribution < -0.4 is 10.6 Å². The molecule has 0 bridgehead atoms. The number of nitrogens with zero attached hydrogens (tertiary/aromatic N) is 2. The maximum atomic E-state index is 11.4. The van der Waals surface area contributed by atoms with Crippen molar-refractivity contribution in [2.45, 2.75) is 19.9 Å². The normalized spacial score (nSPS) is 11.6. The van der Waals surface area contributed by atoms with E-state index >= 15 is 0 Å². The Hall–Kier alpha value is -1.91. The van der Waals surface area contributed by atoms with Crippen molar-refractivity contribution >= 4 is 11.7 Å². The van der Waals surface area contributed by atoms with E-state index in [1.807, 2.05) is 13.8 Å². The van der Waals surface area contributed by atoms with Crippen LogP contribution in [0.4, 0.5) is 5.82 Å². The van der Waals surface area contributed by atoms with Gasteiger partial charge in [0.05, 0.1) is 0 Å². The summed E-state index contributed by atoms with van der Waals surface area (Å²) in [6.45, 7) is 8.03. The second kappa shape index (κ2) is 5.85. The third-order valence-corrected chi connectivity index (χ3v) is 1.96. The van der Waals surface area contributed by atoms with E-state index in [0.717, 1.165) is 0 Å². The van der Waals surface area contributed by atoms with Crippen LogP contribution in [-0.4, -0.2) is 28.7 Å². The number of anilines is 1. The highest BCUT2D eigenvalue weighted by Gasteiger charge is 2.06. The van der Waals surface area contributed by atoms with E-state index in [0.29, 0.717) is 18.1 Å². The predicted molar refractivity (Wildman–Crippen MR) is 63.3 cm³/mol. The molecule has 0 saturated carbocycles. The molecule has 5 nitrogen and oxygen atoms in total. The molecule has 2 N–H and O–H groups in total. The fourth-order valence-electron chi connectivity index (χ4n) is 1.07. The molecule has 0 aliphatic carbocycles. The summed E-state index contributed by atoms with van der Waals surface area (Å²) >= 11 is 0. The van der Waals surface area contributed by atoms with Gasteiger partial charge in [-0.25, -0.2) is 0 Å². The lowest BCUT2D eigenvalue weighted by Gasteiger charge is -2.09. The van der Waals surface area contributed by atoms with Crippen molar-refractivity contribution in [2.24, 2.45) is 0 Å². The first-order chi connectivity index (χ1) is 7.67. The molecule has 1 atom stereocenters. The molecule has 0 spiro atoms. The van der Waals surface area contributed by atoms with E-state index in [-0.39, 0.29) is 11.9 Å². The summed E-state index contributed by atoms with van der Waals surface area (Å²) in [6.07, 6.45) is 1.76. The van der Waals surface area contributed by atoms with Crippen LogP contribution in [0.15, 0.2) is 24.8 Å². The second-order valence-corrected chi connectivity index (χ2v) is 3.33. The van der Waals surface area contributed by atoms with Crippen molar-refractivity contribution in [1.29, 1.82) is 0 Å². The number of hydrogen-bond acceptors (Lipinski definition) is 4. The zero-order valence-corrected chi connectivity index (χ0v) is 9.53. The minimum Gasteiger partial charge on any atom is -0.363 e. The first-order valence-electron chi connectivity index (χ1n) is 5.18. The number of rotatable bonds is 5. The number of nitrogens with one attached hydrogen (secondary N) is 2. The van der Waals surface area contributed by atoms with Crippen molar-refractivity contribution in [3.8, 4) is 0 Å². The van der Waals surface area contributed by atoms with E-state index in [2.05, 4.69) is 27.4 Å². The zero-order chi connectivity index (χ0) is 12.0. The van der Waals surface area contributed by atoms with E-state index < -0.39 is 0 Å². The van der Waals surface area contributed by atoms with Crippen molar-refractivity contribution in [1.82, 2.24) is 15.5 Å². The van der Waals surface area contributed by atoms with Crippen molar-refractivity contribution in [3.63, 3.8) is 0 Å². The summed E-state index contributed by atoms with van der Waals surface area (Å²) in [4.78, 5) is 11.4. The molecule has 16 heavy (non-hydrogen) atoms. The third kappa shape index (κ3) is 3.34. The number of carbonyl (C=O) groups excluding carboxylic acids is 1. The van der Waals surface area contributed by atoms with Gasteiger partial charge in [-0.15, -0.1) is 16.8 Å². The van der Waals surface area contributed by atoms with Gasteiger partial charge >= 0.3 is 0 Å². The smallest absolute Gasteiger partial charge is 0.271 e. The maximum absolute atomic E-state index is 11.4. The lowest BCUT2D eigenvalue weighted by atomic mass is 10.3. The number of hydrogen-bond donors (Lipinski definition) is 2. The SMILES string of the molecule is C=CC(C)Nc1ccc(C(=O)NCC)nn1. The molecular weight excluding hydrogens is 204 g/mol. The highest BCUT2D eigenvalue weighted by molar-refractivity contribution is 5.92. The minimum atomic E-state index is -0.210. The van der Waals surface area contributed by atoms with Gasteiger partial charge < -0.3 is 10.6 Å². The highest BCUT2D eigenvalue weighted by Crippen LogP contribution is 2.04. The molecule has 1 amide bonds. The summed E-state index contributed by atoms with van der Waals surface area (Å²) < 4.78 is 0. The first kappa shape index (κ1) is 12.2. The lowest BCUT2D eigenvalue weighted by molar-refractivity contribution is 0.0950. The molecule has 0 saturated heterocycles. The fourth-order valence-corrected chi connectivity index (χ4v) is 1.07. The van der Waals surface area contributed by atoms with E-state index in [9.17, 15) is 4.79 Å². The molecular formula is C11H16N4O. The molecule has 1 aromatic rings. The average molecular weight is 220 g/mol. The standard InChI is InChI=1S/C11H16N4O/c1-4-8(3)13-10-7-6-9(14-15-10)11(16)12-5-2/h4,6-8H,1,5H2,2-3H3,(H,12,16)(H,13,15). The van der Waals surface area contributed by atoms with Crippen LogP contribution in [-0.2, 0) is 0 Å². The Labute approximate surface area is 95.0 Å². The molecule has 1 aromatic heterocycles. The number of amides is 1. The first-order valence-corrected chi connectivity index (χ1v) is 5.18. The summed E-state index contributed by atoms with van der Waals surface area (Å²) in [5, 5.41) is 13.4. The topological polar surface area (TPSA) is 66.9 Å². The molecule has 1 rings (SSSR count). The van der Waals surface area contributed by atoms with E-state index in [1.54, 1.807) is 18.2 Å². The molecule has 1 heterocycles. The molecule has 5 heteroatoms. The maximum Gasteiger partial charge on any atom is 0.271 e. The van der Waals surface area contributed by atoms with Gasteiger partial charge in [-0.3, -0.25) is 4.79 Å². The molecule has 0 aromatic carbocycles. The molecule has 86 valence electrons. The predicted octanol–water partition coefficient (Wildman–Crippen LogP) is 1.21. The van der Waals surface area contributed by atoms with Gasteiger partial charge in [0.25, 0.3) is 5.91 Å². The van der Waals surface area contributed by atoms with Gasteiger partial charge in [0, 0.05) is 12.6 Å². The Bertz CT molecular complexity index is 361. The van der Waals surface area contributed by atoms with Gasteiger partial charge in [-0.05, 0) is 26.0 Å². The van der Waals surface area contributed by atoms with Crippen LogP contribution in [0, 0.1) is 0 Å². The summed E-state index contributed by atoms with van der Waals surface area (Å²) in [5.41, 5.74) is 0.318. The van der Waals surface area contributed by atoms with Crippen LogP contribution >= 0.6 is 0 Å². The van der Waals surface area contributed by atoms with Crippen LogP contribution in [0.2, 0.25) is 0 Å². The molecule has 1 unspecified atom stereocenters. The van der Waals surface area contributed by atoms with E-state index in [1.165, 1.54) is 0 Å². The summed E-state index contributed by atoms with van der Waals surface area (Å²) in [5.74, 6) is 0.416. The van der Waals surface area contributed by atoms with Crippen molar-refractivity contribution in [3.05, 3.63) is 30.5 Å². The van der Waals surface area contributed by atoms with Gasteiger partial charge in [0.2, 0.25) is 0 Å². The monoisotopic (exact) mass is 220 g/mol. The number of aromatic nitrogens is 2. The van der Waals surface area contributed by atoms with Crippen molar-refractivity contribution in [2.75, 3.05) is 11.9 Å². The third-order valence-electron chi connectivity index (χ3n) is 1.96. The van der Waals surface area contributed by atoms with Gasteiger partial charge in [0.1, 0.15) is 5.82 Å². The lowest BCUT2D eigenvalue weighted by Crippen LogP contribution is -2.24. The number of carbonyl (C=O) groups is 1. The Morgan fingerprint density at radius 1 is 1.56 bits per heavy atom. The molecule has 0 radical (unpaired) electrons. The Morgan fingerprint density at radius 2 is 2.31 bits per heavy atom. The van der Waals surface area contributed by atoms with Crippen LogP contribution in [0.3, 0.4) is 0 Å². The summed E-state index contributed by atoms with van der Waals surface area (Å²) in [6, 6.07) is 3.47. The van der Waals surface area contributed by atoms with Gasteiger partial charge in [-0.2, -0.15) is 0 Å².